The maximum atomic E-state index is 12.2. The van der Waals surface area contributed by atoms with Gasteiger partial charge in [-0.05, 0) is 56.1 Å². The number of carbonyl (C=O) groups is 1. The van der Waals surface area contributed by atoms with Gasteiger partial charge < -0.3 is 4.98 Å². The van der Waals surface area contributed by atoms with Crippen LogP contribution in [0.25, 0.3) is 0 Å². The highest BCUT2D eigenvalue weighted by atomic mass is 16.1. The second kappa shape index (κ2) is 2.97. The number of hydrogen-bond acceptors (Lipinski definition) is 1. The molecule has 0 aromatic carbocycles. The van der Waals surface area contributed by atoms with Crippen LogP contribution in [-0.2, 0) is 0 Å². The van der Waals surface area contributed by atoms with Crippen molar-refractivity contribution in [3.05, 3.63) is 23.0 Å². The Morgan fingerprint density at radius 3 is 2.47 bits per heavy atom. The van der Waals surface area contributed by atoms with E-state index in [0.29, 0.717) is 11.7 Å². The van der Waals surface area contributed by atoms with Gasteiger partial charge in [-0.1, -0.05) is 0 Å². The van der Waals surface area contributed by atoms with Gasteiger partial charge >= 0.3 is 0 Å². The first-order valence-electron chi connectivity index (χ1n) is 5.85. The summed E-state index contributed by atoms with van der Waals surface area (Å²) in [7, 11) is 0. The molecule has 1 aromatic heterocycles. The second-order valence-electron chi connectivity index (χ2n) is 5.26. The Hall–Kier alpha value is -1.05. The first-order valence-corrected chi connectivity index (χ1v) is 5.85. The maximum absolute atomic E-state index is 12.2. The third-order valence-corrected chi connectivity index (χ3v) is 4.26. The first-order chi connectivity index (χ1) is 7.16. The lowest BCUT2D eigenvalue weighted by Crippen LogP contribution is -2.14. The molecule has 0 spiro atoms. The molecular weight excluding hydrogens is 186 g/mol. The number of hydrogen-bond donors (Lipinski definition) is 1. The molecule has 1 heterocycles. The van der Waals surface area contributed by atoms with Gasteiger partial charge in [0.25, 0.3) is 0 Å². The van der Waals surface area contributed by atoms with Gasteiger partial charge in [-0.3, -0.25) is 4.79 Å². The van der Waals surface area contributed by atoms with E-state index in [1.54, 1.807) is 0 Å². The van der Waals surface area contributed by atoms with Crippen LogP contribution in [-0.4, -0.2) is 10.8 Å². The number of nitrogens with one attached hydrogen (secondary N) is 1. The van der Waals surface area contributed by atoms with E-state index in [0.717, 1.165) is 35.9 Å². The normalized spacial score (nSPS) is 32.8. The molecule has 2 atom stereocenters. The van der Waals surface area contributed by atoms with Gasteiger partial charge in [-0.25, -0.2) is 0 Å². The fourth-order valence-corrected chi connectivity index (χ4v) is 2.98. The van der Waals surface area contributed by atoms with Gasteiger partial charge in [0.15, 0.2) is 5.78 Å². The molecule has 0 amide bonds. The molecule has 2 unspecified atom stereocenters. The van der Waals surface area contributed by atoms with Crippen molar-refractivity contribution in [2.75, 3.05) is 0 Å². The lowest BCUT2D eigenvalue weighted by Gasteiger charge is -2.09. The summed E-state index contributed by atoms with van der Waals surface area (Å²) < 4.78 is 0. The van der Waals surface area contributed by atoms with E-state index in [1.807, 2.05) is 13.1 Å². The van der Waals surface area contributed by atoms with E-state index < -0.39 is 0 Å². The van der Waals surface area contributed by atoms with Crippen LogP contribution in [0.1, 0.15) is 40.9 Å². The SMILES string of the molecule is Cc1c[nH]c(C(=O)C2CC3CC3C2)c1C. The first kappa shape index (κ1) is 9.20. The Morgan fingerprint density at radius 2 is 1.93 bits per heavy atom. The predicted octanol–water partition coefficient (Wildman–Crippen LogP) is 2.86. The molecular formula is C13H17NO. The van der Waals surface area contributed by atoms with Crippen LogP contribution in [0.2, 0.25) is 0 Å². The standard InChI is InChI=1S/C13H17NO/c1-7-6-14-12(8(7)2)13(15)11-4-9-3-10(9)5-11/h6,9-11,14H,3-5H2,1-2H3. The zero-order valence-electron chi connectivity index (χ0n) is 9.34. The lowest BCUT2D eigenvalue weighted by atomic mass is 9.94. The summed E-state index contributed by atoms with van der Waals surface area (Å²) in [6.07, 6.45) is 5.60. The highest BCUT2D eigenvalue weighted by Gasteiger charge is 2.48. The van der Waals surface area contributed by atoms with Gasteiger partial charge in [-0.2, -0.15) is 0 Å². The van der Waals surface area contributed by atoms with Crippen LogP contribution < -0.4 is 0 Å². The molecule has 3 rings (SSSR count). The highest BCUT2D eigenvalue weighted by molar-refractivity contribution is 5.98. The number of aromatic nitrogens is 1. The molecule has 0 aliphatic heterocycles. The number of Topliss-reactive ketones (excluding diaryl/α,β-unsaturated/α-hetero) is 1. The molecule has 0 saturated heterocycles. The summed E-state index contributed by atoms with van der Waals surface area (Å²) in [4.78, 5) is 15.3. The Kier molecular flexibility index (Phi) is 1.82. The fourth-order valence-electron chi connectivity index (χ4n) is 2.98. The molecule has 2 aliphatic carbocycles. The zero-order chi connectivity index (χ0) is 10.6. The second-order valence-corrected chi connectivity index (χ2v) is 5.26. The largest absolute Gasteiger partial charge is 0.358 e. The monoisotopic (exact) mass is 203 g/mol. The average molecular weight is 203 g/mol. The van der Waals surface area contributed by atoms with Crippen LogP contribution >= 0.6 is 0 Å². The van der Waals surface area contributed by atoms with E-state index in [1.165, 1.54) is 12.0 Å². The number of carbonyl (C=O) groups excluding carboxylic acids is 1. The summed E-state index contributed by atoms with van der Waals surface area (Å²) in [6.45, 7) is 4.09. The molecule has 2 saturated carbocycles. The van der Waals surface area contributed by atoms with Crippen molar-refractivity contribution in [1.29, 1.82) is 0 Å². The van der Waals surface area contributed by atoms with Crippen molar-refractivity contribution in [3.8, 4) is 0 Å². The van der Waals surface area contributed by atoms with Crippen molar-refractivity contribution >= 4 is 5.78 Å². The molecule has 80 valence electrons. The van der Waals surface area contributed by atoms with Crippen molar-refractivity contribution in [1.82, 2.24) is 4.98 Å². The molecule has 1 N–H and O–H groups in total. The van der Waals surface area contributed by atoms with E-state index in [9.17, 15) is 4.79 Å². The number of ketones is 1. The van der Waals surface area contributed by atoms with Gasteiger partial charge in [0.05, 0.1) is 5.69 Å². The van der Waals surface area contributed by atoms with Crippen molar-refractivity contribution < 1.29 is 4.79 Å². The van der Waals surface area contributed by atoms with Gasteiger partial charge in [0.1, 0.15) is 0 Å². The van der Waals surface area contributed by atoms with E-state index in [4.69, 9.17) is 0 Å². The third-order valence-electron chi connectivity index (χ3n) is 4.26. The Bertz CT molecular complexity index is 408. The molecule has 0 bridgehead atoms. The summed E-state index contributed by atoms with van der Waals surface area (Å²) in [6, 6.07) is 0. The van der Waals surface area contributed by atoms with E-state index >= 15 is 0 Å². The zero-order valence-corrected chi connectivity index (χ0v) is 9.34. The van der Waals surface area contributed by atoms with Crippen LogP contribution in [0.3, 0.4) is 0 Å². The lowest BCUT2D eigenvalue weighted by molar-refractivity contribution is 0.0909. The van der Waals surface area contributed by atoms with Crippen molar-refractivity contribution in [3.63, 3.8) is 0 Å². The van der Waals surface area contributed by atoms with Crippen LogP contribution in [0.4, 0.5) is 0 Å². The Morgan fingerprint density at radius 1 is 1.27 bits per heavy atom. The third kappa shape index (κ3) is 1.35. The van der Waals surface area contributed by atoms with Crippen molar-refractivity contribution in [2.24, 2.45) is 17.8 Å². The number of aromatic amines is 1. The number of H-pyrrole nitrogens is 1. The van der Waals surface area contributed by atoms with Crippen LogP contribution in [0.5, 0.6) is 0 Å². The summed E-state index contributed by atoms with van der Waals surface area (Å²) in [5.41, 5.74) is 3.20. The van der Waals surface area contributed by atoms with Crippen LogP contribution in [0.15, 0.2) is 6.20 Å². The predicted molar refractivity (Wildman–Crippen MR) is 58.9 cm³/mol. The highest BCUT2D eigenvalue weighted by Crippen LogP contribution is 2.54. The van der Waals surface area contributed by atoms with Crippen molar-refractivity contribution in [2.45, 2.75) is 33.1 Å². The maximum Gasteiger partial charge on any atom is 0.182 e. The van der Waals surface area contributed by atoms with Gasteiger partial charge in [-0.15, -0.1) is 0 Å². The van der Waals surface area contributed by atoms with Gasteiger partial charge in [0.2, 0.25) is 0 Å². The van der Waals surface area contributed by atoms with Gasteiger partial charge in [0, 0.05) is 12.1 Å². The summed E-state index contributed by atoms with van der Waals surface area (Å²) in [5.74, 6) is 2.43. The Balaban J connectivity index is 1.82. The minimum absolute atomic E-state index is 0.311. The minimum atomic E-state index is 0.311. The molecule has 2 nitrogen and oxygen atoms in total. The molecule has 2 aliphatic rings. The Labute approximate surface area is 90.1 Å². The molecule has 15 heavy (non-hydrogen) atoms. The minimum Gasteiger partial charge on any atom is -0.358 e. The fraction of sp³-hybridized carbons (Fsp3) is 0.615. The topological polar surface area (TPSA) is 32.9 Å². The summed E-state index contributed by atoms with van der Waals surface area (Å²) in [5, 5.41) is 0. The van der Waals surface area contributed by atoms with E-state index in [-0.39, 0.29) is 0 Å². The molecule has 2 fully saturated rings. The molecule has 1 aromatic rings. The number of rotatable bonds is 2. The quantitative estimate of drug-likeness (QED) is 0.736. The average Bonchev–Trinajstić information content (AvgIpc) is 2.69. The van der Waals surface area contributed by atoms with Crippen LogP contribution in [0, 0.1) is 31.6 Å². The number of aryl methyl sites for hydroxylation is 1. The smallest absolute Gasteiger partial charge is 0.182 e. The number of fused-ring (bicyclic) bond motifs is 1. The van der Waals surface area contributed by atoms with E-state index in [2.05, 4.69) is 11.9 Å². The molecule has 0 radical (unpaired) electrons. The molecule has 2 heteroatoms. The summed E-state index contributed by atoms with van der Waals surface area (Å²) >= 11 is 0.